The lowest BCUT2D eigenvalue weighted by Crippen LogP contribution is -2.41. The lowest BCUT2D eigenvalue weighted by molar-refractivity contribution is 0.442. The number of rotatable bonds is 5. The lowest BCUT2D eigenvalue weighted by atomic mass is 9.95. The summed E-state index contributed by atoms with van der Waals surface area (Å²) in [5, 5.41) is 4.78. The van der Waals surface area contributed by atoms with Gasteiger partial charge in [0.1, 0.15) is 5.52 Å². The molecule has 1 saturated heterocycles. The van der Waals surface area contributed by atoms with Crippen LogP contribution in [0.25, 0.3) is 33.7 Å². The molecular formula is C28H29Cl2N3O. The Hall–Kier alpha value is -2.53. The molecule has 4 aromatic rings. The number of aryl methyl sites for hydroxylation is 1. The van der Waals surface area contributed by atoms with Crippen LogP contribution in [0, 0.1) is 6.92 Å². The molecule has 1 fully saturated rings. The first-order valence-electron chi connectivity index (χ1n) is 11.9. The van der Waals surface area contributed by atoms with Crippen LogP contribution in [-0.2, 0) is 6.42 Å². The second-order valence-corrected chi connectivity index (χ2v) is 9.75. The van der Waals surface area contributed by atoms with E-state index in [1.54, 1.807) is 0 Å². The maximum absolute atomic E-state index is 7.02. The molecule has 3 aromatic carbocycles. The molecule has 2 heterocycles. The Morgan fingerprint density at radius 3 is 2.47 bits per heavy atom. The average Bonchev–Trinajstić information content (AvgIpc) is 3.29. The number of nitrogens with one attached hydrogen (secondary N) is 1. The minimum absolute atomic E-state index is 0.575. The second kappa shape index (κ2) is 9.61. The van der Waals surface area contributed by atoms with Crippen LogP contribution in [0.4, 0.5) is 5.69 Å². The molecule has 34 heavy (non-hydrogen) atoms. The molecule has 0 aliphatic carbocycles. The Kier molecular flexibility index (Phi) is 6.57. The van der Waals surface area contributed by atoms with Crippen LogP contribution in [0.2, 0.25) is 10.0 Å². The van der Waals surface area contributed by atoms with E-state index in [4.69, 9.17) is 32.6 Å². The van der Waals surface area contributed by atoms with E-state index in [0.29, 0.717) is 22.5 Å². The minimum atomic E-state index is 0.575. The molecule has 0 amide bonds. The predicted octanol–water partition coefficient (Wildman–Crippen LogP) is 7.53. The maximum atomic E-state index is 7.02. The van der Waals surface area contributed by atoms with Gasteiger partial charge in [0.15, 0.2) is 5.58 Å². The number of piperidine rings is 1. The van der Waals surface area contributed by atoms with Gasteiger partial charge in [-0.3, -0.25) is 0 Å². The van der Waals surface area contributed by atoms with E-state index >= 15 is 0 Å². The van der Waals surface area contributed by atoms with Crippen molar-refractivity contribution >= 4 is 40.0 Å². The molecule has 5 rings (SSSR count). The van der Waals surface area contributed by atoms with E-state index in [1.165, 1.54) is 0 Å². The van der Waals surface area contributed by atoms with E-state index < -0.39 is 0 Å². The van der Waals surface area contributed by atoms with Gasteiger partial charge in [0.05, 0.1) is 15.7 Å². The van der Waals surface area contributed by atoms with E-state index in [2.05, 4.69) is 48.3 Å². The van der Waals surface area contributed by atoms with Crippen molar-refractivity contribution in [1.82, 2.24) is 10.3 Å². The highest BCUT2D eigenvalue weighted by Crippen LogP contribution is 2.41. The maximum Gasteiger partial charge on any atom is 0.227 e. The average molecular weight is 494 g/mol. The summed E-state index contributed by atoms with van der Waals surface area (Å²) in [5.74, 6) is 0.575. The zero-order chi connectivity index (χ0) is 23.8. The van der Waals surface area contributed by atoms with Crippen molar-refractivity contribution in [3.63, 3.8) is 0 Å². The molecule has 6 heteroatoms. The Bertz CT molecular complexity index is 1340. The summed E-state index contributed by atoms with van der Waals surface area (Å²) in [4.78, 5) is 7.17. The van der Waals surface area contributed by atoms with E-state index in [0.717, 1.165) is 76.4 Å². The third-order valence-corrected chi connectivity index (χ3v) is 7.67. The molecular weight excluding hydrogens is 465 g/mol. The number of nitrogens with zero attached hydrogens (tertiary/aromatic N) is 2. The summed E-state index contributed by atoms with van der Waals surface area (Å²) < 4.78 is 6.14. The van der Waals surface area contributed by atoms with Gasteiger partial charge in [-0.25, -0.2) is 4.98 Å². The predicted molar refractivity (Wildman–Crippen MR) is 143 cm³/mol. The third kappa shape index (κ3) is 4.19. The molecule has 176 valence electrons. The Balaban J connectivity index is 1.54. The number of benzene rings is 3. The molecule has 0 bridgehead atoms. The molecule has 1 aliphatic heterocycles. The summed E-state index contributed by atoms with van der Waals surface area (Å²) in [6.45, 7) is 6.20. The van der Waals surface area contributed by atoms with Gasteiger partial charge in [0, 0.05) is 30.3 Å². The zero-order valence-corrected chi connectivity index (χ0v) is 21.3. The summed E-state index contributed by atoms with van der Waals surface area (Å²) in [6.07, 6.45) is 3.13. The quantitative estimate of drug-likeness (QED) is 0.311. The third-order valence-electron chi connectivity index (χ3n) is 6.99. The number of anilines is 1. The molecule has 1 N–H and O–H groups in total. The van der Waals surface area contributed by atoms with Gasteiger partial charge in [-0.2, -0.15) is 0 Å². The van der Waals surface area contributed by atoms with Gasteiger partial charge in [-0.1, -0.05) is 54.4 Å². The van der Waals surface area contributed by atoms with E-state index in [9.17, 15) is 0 Å². The van der Waals surface area contributed by atoms with Gasteiger partial charge in [-0.05, 0) is 74.2 Å². The van der Waals surface area contributed by atoms with Crippen molar-refractivity contribution in [2.45, 2.75) is 39.2 Å². The van der Waals surface area contributed by atoms with Crippen LogP contribution < -0.4 is 10.2 Å². The van der Waals surface area contributed by atoms with Crippen molar-refractivity contribution in [1.29, 1.82) is 0 Å². The largest absolute Gasteiger partial charge is 0.434 e. The van der Waals surface area contributed by atoms with Gasteiger partial charge < -0.3 is 14.6 Å². The number of aromatic nitrogens is 1. The van der Waals surface area contributed by atoms with Crippen LogP contribution in [0.3, 0.4) is 0 Å². The van der Waals surface area contributed by atoms with Gasteiger partial charge in [0.25, 0.3) is 0 Å². The molecule has 0 spiro atoms. The van der Waals surface area contributed by atoms with E-state index in [1.807, 2.05) is 31.3 Å². The monoisotopic (exact) mass is 493 g/mol. The molecule has 0 atom stereocenters. The van der Waals surface area contributed by atoms with Crippen LogP contribution >= 0.6 is 23.2 Å². The van der Waals surface area contributed by atoms with Crippen molar-refractivity contribution in [3.05, 3.63) is 69.7 Å². The SMILES string of the molecule is CCc1cc(Cl)c2oc(-c3cccc(-c4cccc(N5CCC(NC)CC5)c4Cl)c3C)nc2c1. The minimum Gasteiger partial charge on any atom is -0.434 e. The molecule has 0 unspecified atom stereocenters. The normalized spacial score (nSPS) is 14.8. The van der Waals surface area contributed by atoms with Gasteiger partial charge >= 0.3 is 0 Å². The number of fused-ring (bicyclic) bond motifs is 1. The number of oxazole rings is 1. The van der Waals surface area contributed by atoms with Crippen LogP contribution in [0.15, 0.2) is 52.9 Å². The summed E-state index contributed by atoms with van der Waals surface area (Å²) in [7, 11) is 2.04. The fraction of sp³-hybridized carbons (Fsp3) is 0.321. The van der Waals surface area contributed by atoms with Gasteiger partial charge in [0.2, 0.25) is 5.89 Å². The smallest absolute Gasteiger partial charge is 0.227 e. The van der Waals surface area contributed by atoms with E-state index in [-0.39, 0.29) is 0 Å². The van der Waals surface area contributed by atoms with Crippen molar-refractivity contribution in [2.24, 2.45) is 0 Å². The van der Waals surface area contributed by atoms with Crippen LogP contribution in [0.1, 0.15) is 30.9 Å². The van der Waals surface area contributed by atoms with Crippen molar-refractivity contribution in [3.8, 4) is 22.6 Å². The van der Waals surface area contributed by atoms with Crippen LogP contribution in [-0.4, -0.2) is 31.2 Å². The Labute approximate surface area is 210 Å². The second-order valence-electron chi connectivity index (χ2n) is 8.97. The fourth-order valence-electron chi connectivity index (χ4n) is 4.91. The van der Waals surface area contributed by atoms with Crippen LogP contribution in [0.5, 0.6) is 0 Å². The van der Waals surface area contributed by atoms with Crippen molar-refractivity contribution in [2.75, 3.05) is 25.0 Å². The molecule has 4 nitrogen and oxygen atoms in total. The van der Waals surface area contributed by atoms with Gasteiger partial charge in [-0.15, -0.1) is 0 Å². The molecule has 1 aliphatic rings. The number of hydrogen-bond donors (Lipinski definition) is 1. The highest BCUT2D eigenvalue weighted by Gasteiger charge is 2.22. The summed E-state index contributed by atoms with van der Waals surface area (Å²) >= 11 is 13.5. The zero-order valence-electron chi connectivity index (χ0n) is 19.8. The number of halogens is 2. The highest BCUT2D eigenvalue weighted by molar-refractivity contribution is 6.36. The summed E-state index contributed by atoms with van der Waals surface area (Å²) in [6, 6.07) is 17.1. The fourth-order valence-corrected chi connectivity index (χ4v) is 5.53. The Morgan fingerprint density at radius 1 is 1.03 bits per heavy atom. The Morgan fingerprint density at radius 2 is 1.74 bits per heavy atom. The first kappa shape index (κ1) is 23.2. The van der Waals surface area contributed by atoms with Crippen molar-refractivity contribution < 1.29 is 4.42 Å². The molecule has 0 saturated carbocycles. The standard InChI is InChI=1S/C28H29Cl2N3O/c1-4-18-15-23(29)27-24(16-18)32-28(34-27)21-8-5-7-20(17(21)2)22-9-6-10-25(26(22)30)33-13-11-19(31-3)12-14-33/h5-10,15-16,19,31H,4,11-14H2,1-3H3. The summed E-state index contributed by atoms with van der Waals surface area (Å²) in [5.41, 5.74) is 7.78. The lowest BCUT2D eigenvalue weighted by Gasteiger charge is -2.34. The topological polar surface area (TPSA) is 41.3 Å². The highest BCUT2D eigenvalue weighted by atomic mass is 35.5. The first-order valence-corrected chi connectivity index (χ1v) is 12.7. The first-order chi connectivity index (χ1) is 16.5. The molecule has 0 radical (unpaired) electrons. The number of hydrogen-bond acceptors (Lipinski definition) is 4. The molecule has 1 aromatic heterocycles.